The summed E-state index contributed by atoms with van der Waals surface area (Å²) < 4.78 is 4.56. The van der Waals surface area contributed by atoms with Crippen LogP contribution in [0.15, 0.2) is 34.1 Å². The molecule has 0 aliphatic carbocycles. The molecule has 0 N–H and O–H groups in total. The first-order chi connectivity index (χ1) is 6.31. The van der Waals surface area contributed by atoms with Crippen molar-refractivity contribution in [2.45, 2.75) is 14.4 Å². The fourth-order valence-corrected chi connectivity index (χ4v) is 3.72. The largest absolute Gasteiger partial charge is 0.468 e. The maximum Gasteiger partial charge on any atom is 0.329 e. The molecular formula is C9H8O2S2. The van der Waals surface area contributed by atoms with Gasteiger partial charge < -0.3 is 4.74 Å². The Balaban J connectivity index is 2.18. The maximum absolute atomic E-state index is 11.2. The van der Waals surface area contributed by atoms with E-state index in [-0.39, 0.29) is 10.6 Å². The minimum absolute atomic E-state index is 0.123. The topological polar surface area (TPSA) is 26.3 Å². The minimum atomic E-state index is -0.161. The van der Waals surface area contributed by atoms with E-state index in [9.17, 15) is 4.79 Å². The van der Waals surface area contributed by atoms with Crippen molar-refractivity contribution in [1.82, 2.24) is 0 Å². The van der Waals surface area contributed by atoms with Crippen LogP contribution >= 0.6 is 23.5 Å². The van der Waals surface area contributed by atoms with Crippen LogP contribution in [0.25, 0.3) is 0 Å². The van der Waals surface area contributed by atoms with Gasteiger partial charge in [-0.15, -0.1) is 0 Å². The van der Waals surface area contributed by atoms with Crippen molar-refractivity contribution >= 4 is 29.5 Å². The van der Waals surface area contributed by atoms with Crippen LogP contribution in [0.4, 0.5) is 0 Å². The summed E-state index contributed by atoms with van der Waals surface area (Å²) in [5.41, 5.74) is 0. The van der Waals surface area contributed by atoms with Gasteiger partial charge in [-0.05, 0) is 12.1 Å². The zero-order valence-electron chi connectivity index (χ0n) is 7.02. The van der Waals surface area contributed by atoms with E-state index in [1.165, 1.54) is 16.9 Å². The molecule has 68 valence electrons. The van der Waals surface area contributed by atoms with E-state index >= 15 is 0 Å². The molecule has 0 bridgehead atoms. The molecule has 13 heavy (non-hydrogen) atoms. The predicted octanol–water partition coefficient (Wildman–Crippen LogP) is 2.38. The average molecular weight is 212 g/mol. The molecule has 1 aromatic carbocycles. The molecule has 0 spiro atoms. The molecule has 0 amide bonds. The number of fused-ring (bicyclic) bond motifs is 1. The summed E-state index contributed by atoms with van der Waals surface area (Å²) in [5.74, 6) is -0.161. The lowest BCUT2D eigenvalue weighted by Gasteiger charge is -2.02. The number of thioether (sulfide) groups is 2. The van der Waals surface area contributed by atoms with Gasteiger partial charge in [0, 0.05) is 9.79 Å². The molecule has 0 fully saturated rings. The Morgan fingerprint density at radius 2 is 1.85 bits per heavy atom. The van der Waals surface area contributed by atoms with E-state index in [1.807, 2.05) is 24.3 Å². The van der Waals surface area contributed by atoms with E-state index in [0.717, 1.165) is 0 Å². The summed E-state index contributed by atoms with van der Waals surface area (Å²) in [7, 11) is 1.42. The Bertz CT molecular complexity index is 313. The van der Waals surface area contributed by atoms with Crippen LogP contribution in [-0.4, -0.2) is 17.7 Å². The number of rotatable bonds is 1. The molecule has 0 unspecified atom stereocenters. The van der Waals surface area contributed by atoms with Crippen molar-refractivity contribution in [2.75, 3.05) is 7.11 Å². The van der Waals surface area contributed by atoms with Gasteiger partial charge in [0.2, 0.25) is 0 Å². The van der Waals surface area contributed by atoms with Crippen LogP contribution in [0.3, 0.4) is 0 Å². The Morgan fingerprint density at radius 3 is 2.31 bits per heavy atom. The smallest absolute Gasteiger partial charge is 0.329 e. The molecule has 1 aromatic rings. The first-order valence-electron chi connectivity index (χ1n) is 3.81. The van der Waals surface area contributed by atoms with E-state index in [2.05, 4.69) is 4.74 Å². The first-order valence-corrected chi connectivity index (χ1v) is 5.57. The van der Waals surface area contributed by atoms with Gasteiger partial charge in [0.25, 0.3) is 0 Å². The molecule has 1 aliphatic rings. The van der Waals surface area contributed by atoms with E-state index in [1.54, 1.807) is 23.5 Å². The molecule has 2 nitrogen and oxygen atoms in total. The molecule has 0 radical (unpaired) electrons. The highest BCUT2D eigenvalue weighted by atomic mass is 32.2. The Hall–Kier alpha value is -0.610. The fraction of sp³-hybridized carbons (Fsp3) is 0.222. The first kappa shape index (κ1) is 8.97. The summed E-state index contributed by atoms with van der Waals surface area (Å²) in [5, 5.41) is 0. The zero-order valence-corrected chi connectivity index (χ0v) is 8.65. The number of hydrogen-bond donors (Lipinski definition) is 0. The normalized spacial score (nSPS) is 15.5. The quantitative estimate of drug-likeness (QED) is 0.668. The second-order valence-electron chi connectivity index (χ2n) is 2.54. The lowest BCUT2D eigenvalue weighted by atomic mass is 10.4. The third-order valence-corrected chi connectivity index (χ3v) is 4.45. The van der Waals surface area contributed by atoms with E-state index < -0.39 is 0 Å². The van der Waals surface area contributed by atoms with Crippen molar-refractivity contribution < 1.29 is 9.53 Å². The Labute approximate surface area is 85.0 Å². The summed E-state index contributed by atoms with van der Waals surface area (Å²) in [6.07, 6.45) is 0. The van der Waals surface area contributed by atoms with Crippen molar-refractivity contribution in [2.24, 2.45) is 0 Å². The lowest BCUT2D eigenvalue weighted by Crippen LogP contribution is -2.11. The number of benzene rings is 1. The molecule has 4 heteroatoms. The molecule has 0 saturated carbocycles. The average Bonchev–Trinajstić information content (AvgIpc) is 2.59. The van der Waals surface area contributed by atoms with E-state index in [0.29, 0.717) is 0 Å². The van der Waals surface area contributed by atoms with E-state index in [4.69, 9.17) is 0 Å². The lowest BCUT2D eigenvalue weighted by molar-refractivity contribution is -0.138. The highest BCUT2D eigenvalue weighted by molar-refractivity contribution is 8.20. The van der Waals surface area contributed by atoms with Crippen LogP contribution in [0.1, 0.15) is 0 Å². The second kappa shape index (κ2) is 3.64. The number of hydrogen-bond acceptors (Lipinski definition) is 4. The number of ether oxygens (including phenoxy) is 1. The maximum atomic E-state index is 11.2. The Morgan fingerprint density at radius 1 is 1.31 bits per heavy atom. The van der Waals surface area contributed by atoms with Crippen molar-refractivity contribution in [3.63, 3.8) is 0 Å². The van der Waals surface area contributed by atoms with Gasteiger partial charge in [0.1, 0.15) is 0 Å². The third kappa shape index (κ3) is 1.69. The zero-order chi connectivity index (χ0) is 9.26. The minimum Gasteiger partial charge on any atom is -0.468 e. The summed E-state index contributed by atoms with van der Waals surface area (Å²) in [6.45, 7) is 0. The molecule has 0 atom stereocenters. The molecule has 0 saturated heterocycles. The number of esters is 1. The predicted molar refractivity (Wildman–Crippen MR) is 54.0 cm³/mol. The SMILES string of the molecule is COC(=O)C1Sc2ccccc2S1. The number of methoxy groups -OCH3 is 1. The second-order valence-corrected chi connectivity index (χ2v) is 5.13. The highest BCUT2D eigenvalue weighted by Crippen LogP contribution is 2.47. The van der Waals surface area contributed by atoms with Gasteiger partial charge >= 0.3 is 5.97 Å². The van der Waals surface area contributed by atoms with Crippen molar-refractivity contribution in [3.8, 4) is 0 Å². The van der Waals surface area contributed by atoms with Crippen LogP contribution in [0.5, 0.6) is 0 Å². The van der Waals surface area contributed by atoms with Gasteiger partial charge in [-0.3, -0.25) is 0 Å². The van der Waals surface area contributed by atoms with Gasteiger partial charge in [-0.1, -0.05) is 35.7 Å². The van der Waals surface area contributed by atoms with Gasteiger partial charge in [-0.25, -0.2) is 4.79 Å². The summed E-state index contributed by atoms with van der Waals surface area (Å²) in [4.78, 5) is 13.6. The van der Waals surface area contributed by atoms with Crippen molar-refractivity contribution in [1.29, 1.82) is 0 Å². The molecule has 1 aliphatic heterocycles. The standard InChI is InChI=1S/C9H8O2S2/c1-11-8(10)9-12-6-4-2-3-5-7(6)13-9/h2-5,9H,1H3. The fourth-order valence-electron chi connectivity index (χ4n) is 1.09. The van der Waals surface area contributed by atoms with Gasteiger partial charge in [-0.2, -0.15) is 0 Å². The molecule has 1 heterocycles. The third-order valence-electron chi connectivity index (χ3n) is 1.71. The molecule has 2 rings (SSSR count). The van der Waals surface area contributed by atoms with Crippen LogP contribution in [0, 0.1) is 0 Å². The molecule has 0 aromatic heterocycles. The Kier molecular flexibility index (Phi) is 2.51. The number of carbonyl (C=O) groups excluding carboxylic acids is 1. The monoisotopic (exact) mass is 212 g/mol. The van der Waals surface area contributed by atoms with Crippen LogP contribution in [-0.2, 0) is 9.53 Å². The van der Waals surface area contributed by atoms with Crippen LogP contribution in [0.2, 0.25) is 0 Å². The van der Waals surface area contributed by atoms with Gasteiger partial charge in [0.15, 0.2) is 4.58 Å². The van der Waals surface area contributed by atoms with Crippen LogP contribution < -0.4 is 0 Å². The molecular weight excluding hydrogens is 204 g/mol. The summed E-state index contributed by atoms with van der Waals surface area (Å²) >= 11 is 3.11. The summed E-state index contributed by atoms with van der Waals surface area (Å²) in [6, 6.07) is 8.00. The highest BCUT2D eigenvalue weighted by Gasteiger charge is 2.29. The number of carbonyl (C=O) groups is 1. The van der Waals surface area contributed by atoms with Gasteiger partial charge in [0.05, 0.1) is 7.11 Å². The van der Waals surface area contributed by atoms with Crippen molar-refractivity contribution in [3.05, 3.63) is 24.3 Å².